The summed E-state index contributed by atoms with van der Waals surface area (Å²) in [5.74, 6) is 1.31. The highest BCUT2D eigenvalue weighted by Gasteiger charge is 2.02. The molecule has 2 rings (SSSR count). The van der Waals surface area contributed by atoms with Crippen molar-refractivity contribution in [3.05, 3.63) is 52.1 Å². The second kappa shape index (κ2) is 5.63. The number of thioether (sulfide) groups is 1. The number of nitrogen functional groups attached to an aromatic ring is 1. The lowest BCUT2D eigenvalue weighted by Gasteiger charge is -2.04. The molecule has 0 amide bonds. The molecular formula is C12H10Cl2N2S. The van der Waals surface area contributed by atoms with Crippen LogP contribution in [0, 0.1) is 0 Å². The SMILES string of the molecule is Nc1ccc(SCc2ccc(Cl)cc2Cl)cn1. The van der Waals surface area contributed by atoms with Crippen LogP contribution in [0.15, 0.2) is 41.4 Å². The predicted molar refractivity (Wildman–Crippen MR) is 74.7 cm³/mol. The lowest BCUT2D eigenvalue weighted by Crippen LogP contribution is -1.88. The summed E-state index contributed by atoms with van der Waals surface area (Å²) < 4.78 is 0. The lowest BCUT2D eigenvalue weighted by atomic mass is 10.2. The van der Waals surface area contributed by atoms with Crippen molar-refractivity contribution in [1.29, 1.82) is 0 Å². The van der Waals surface area contributed by atoms with E-state index in [2.05, 4.69) is 4.98 Å². The molecule has 0 radical (unpaired) electrons. The Morgan fingerprint density at radius 2 is 2.00 bits per heavy atom. The van der Waals surface area contributed by atoms with Crippen LogP contribution in [-0.2, 0) is 5.75 Å². The third-order valence-electron chi connectivity index (χ3n) is 2.17. The van der Waals surface area contributed by atoms with E-state index in [9.17, 15) is 0 Å². The Kier molecular flexibility index (Phi) is 4.15. The average Bonchev–Trinajstić information content (AvgIpc) is 2.30. The summed E-state index contributed by atoms with van der Waals surface area (Å²) in [4.78, 5) is 5.09. The van der Waals surface area contributed by atoms with Gasteiger partial charge < -0.3 is 5.73 Å². The first-order valence-corrected chi connectivity index (χ1v) is 6.67. The summed E-state index contributed by atoms with van der Waals surface area (Å²) in [5, 5.41) is 1.34. The van der Waals surface area contributed by atoms with Crippen molar-refractivity contribution in [1.82, 2.24) is 4.98 Å². The second-order valence-corrected chi connectivity index (χ2v) is 5.34. The monoisotopic (exact) mass is 284 g/mol. The van der Waals surface area contributed by atoms with Gasteiger partial charge in [-0.3, -0.25) is 0 Å². The standard InChI is InChI=1S/C12H10Cl2N2S/c13-9-2-1-8(11(14)5-9)7-17-10-3-4-12(15)16-6-10/h1-6H,7H2,(H2,15,16). The van der Waals surface area contributed by atoms with E-state index in [1.54, 1.807) is 30.1 Å². The summed E-state index contributed by atoms with van der Waals surface area (Å²) in [6, 6.07) is 9.25. The first-order chi connectivity index (χ1) is 8.15. The highest BCUT2D eigenvalue weighted by molar-refractivity contribution is 7.98. The lowest BCUT2D eigenvalue weighted by molar-refractivity contribution is 1.24. The number of benzene rings is 1. The van der Waals surface area contributed by atoms with E-state index >= 15 is 0 Å². The zero-order chi connectivity index (χ0) is 12.3. The maximum atomic E-state index is 6.09. The molecule has 0 unspecified atom stereocenters. The summed E-state index contributed by atoms with van der Waals surface area (Å²) in [7, 11) is 0. The van der Waals surface area contributed by atoms with Gasteiger partial charge in [0.1, 0.15) is 5.82 Å². The molecule has 0 spiro atoms. The third-order valence-corrected chi connectivity index (χ3v) is 3.79. The molecule has 1 aromatic carbocycles. The molecular weight excluding hydrogens is 275 g/mol. The van der Waals surface area contributed by atoms with Crippen LogP contribution < -0.4 is 5.73 Å². The minimum atomic E-state index is 0.527. The van der Waals surface area contributed by atoms with Gasteiger partial charge in [0.15, 0.2) is 0 Å². The van der Waals surface area contributed by atoms with Crippen molar-refractivity contribution in [2.75, 3.05) is 5.73 Å². The van der Waals surface area contributed by atoms with Gasteiger partial charge >= 0.3 is 0 Å². The fourth-order valence-corrected chi connectivity index (χ4v) is 2.70. The van der Waals surface area contributed by atoms with Crippen LogP contribution in [0.2, 0.25) is 10.0 Å². The number of rotatable bonds is 3. The van der Waals surface area contributed by atoms with Crippen LogP contribution in [0.4, 0.5) is 5.82 Å². The molecule has 2 N–H and O–H groups in total. The molecule has 0 saturated heterocycles. The van der Waals surface area contributed by atoms with E-state index in [-0.39, 0.29) is 0 Å². The van der Waals surface area contributed by atoms with Gasteiger partial charge in [0, 0.05) is 26.9 Å². The maximum Gasteiger partial charge on any atom is 0.123 e. The topological polar surface area (TPSA) is 38.9 Å². The molecule has 0 aliphatic heterocycles. The van der Waals surface area contributed by atoms with Crippen LogP contribution in [0.25, 0.3) is 0 Å². The minimum absolute atomic E-state index is 0.527. The number of halogens is 2. The summed E-state index contributed by atoms with van der Waals surface area (Å²) in [5.41, 5.74) is 6.57. The van der Waals surface area contributed by atoms with Crippen LogP contribution in [0.1, 0.15) is 5.56 Å². The predicted octanol–water partition coefficient (Wildman–Crippen LogP) is 4.26. The summed E-state index contributed by atoms with van der Waals surface area (Å²) in [6.45, 7) is 0. The molecule has 2 nitrogen and oxygen atoms in total. The molecule has 1 heterocycles. The highest BCUT2D eigenvalue weighted by Crippen LogP contribution is 2.28. The van der Waals surface area contributed by atoms with Gasteiger partial charge in [0.25, 0.3) is 0 Å². The normalized spacial score (nSPS) is 10.5. The quantitative estimate of drug-likeness (QED) is 0.856. The molecule has 5 heteroatoms. The van der Waals surface area contributed by atoms with Gasteiger partial charge in [0.05, 0.1) is 0 Å². The molecule has 0 aliphatic rings. The second-order valence-electron chi connectivity index (χ2n) is 3.44. The van der Waals surface area contributed by atoms with Gasteiger partial charge in [-0.05, 0) is 29.8 Å². The fraction of sp³-hybridized carbons (Fsp3) is 0.0833. The van der Waals surface area contributed by atoms with Gasteiger partial charge in [-0.25, -0.2) is 4.98 Å². The van der Waals surface area contributed by atoms with E-state index in [0.717, 1.165) is 16.2 Å². The van der Waals surface area contributed by atoms with E-state index in [1.165, 1.54) is 0 Å². The highest BCUT2D eigenvalue weighted by atomic mass is 35.5. The molecule has 88 valence electrons. The number of aromatic nitrogens is 1. The molecule has 2 aromatic rings. The van der Waals surface area contributed by atoms with E-state index in [4.69, 9.17) is 28.9 Å². The summed E-state index contributed by atoms with van der Waals surface area (Å²) in [6.07, 6.45) is 1.75. The Hall–Kier alpha value is -0.900. The Labute approximate surface area is 114 Å². The molecule has 0 atom stereocenters. The molecule has 17 heavy (non-hydrogen) atoms. The maximum absolute atomic E-state index is 6.09. The third kappa shape index (κ3) is 3.53. The minimum Gasteiger partial charge on any atom is -0.384 e. The van der Waals surface area contributed by atoms with Gasteiger partial charge in [-0.1, -0.05) is 29.3 Å². The van der Waals surface area contributed by atoms with Crippen molar-refractivity contribution in [3.63, 3.8) is 0 Å². The van der Waals surface area contributed by atoms with E-state index in [0.29, 0.717) is 15.9 Å². The van der Waals surface area contributed by atoms with Crippen molar-refractivity contribution >= 4 is 40.8 Å². The number of pyridine rings is 1. The number of hydrogen-bond donors (Lipinski definition) is 1. The molecule has 1 aromatic heterocycles. The van der Waals surface area contributed by atoms with Crippen molar-refractivity contribution < 1.29 is 0 Å². The van der Waals surface area contributed by atoms with Crippen LogP contribution in [-0.4, -0.2) is 4.98 Å². The first-order valence-electron chi connectivity index (χ1n) is 4.93. The zero-order valence-electron chi connectivity index (χ0n) is 8.86. The Morgan fingerprint density at radius 1 is 1.18 bits per heavy atom. The fourth-order valence-electron chi connectivity index (χ4n) is 1.28. The zero-order valence-corrected chi connectivity index (χ0v) is 11.2. The summed E-state index contributed by atoms with van der Waals surface area (Å²) >= 11 is 13.6. The average molecular weight is 285 g/mol. The molecule has 0 bridgehead atoms. The Balaban J connectivity index is 2.04. The van der Waals surface area contributed by atoms with Gasteiger partial charge in [-0.15, -0.1) is 11.8 Å². The van der Waals surface area contributed by atoms with Crippen molar-refractivity contribution in [3.8, 4) is 0 Å². The Morgan fingerprint density at radius 3 is 2.65 bits per heavy atom. The first kappa shape index (κ1) is 12.6. The van der Waals surface area contributed by atoms with Crippen LogP contribution in [0.5, 0.6) is 0 Å². The van der Waals surface area contributed by atoms with E-state index < -0.39 is 0 Å². The van der Waals surface area contributed by atoms with Crippen LogP contribution in [0.3, 0.4) is 0 Å². The number of nitrogens with two attached hydrogens (primary N) is 1. The van der Waals surface area contributed by atoms with E-state index in [1.807, 2.05) is 18.2 Å². The number of anilines is 1. The molecule has 0 saturated carbocycles. The van der Waals surface area contributed by atoms with Crippen LogP contribution >= 0.6 is 35.0 Å². The largest absolute Gasteiger partial charge is 0.384 e. The van der Waals surface area contributed by atoms with Gasteiger partial charge in [-0.2, -0.15) is 0 Å². The number of hydrogen-bond acceptors (Lipinski definition) is 3. The smallest absolute Gasteiger partial charge is 0.123 e. The van der Waals surface area contributed by atoms with Crippen molar-refractivity contribution in [2.45, 2.75) is 10.6 Å². The Bertz CT molecular complexity index is 514. The molecule has 0 fully saturated rings. The molecule has 0 aliphatic carbocycles. The number of nitrogens with zero attached hydrogens (tertiary/aromatic N) is 1. The van der Waals surface area contributed by atoms with Gasteiger partial charge in [0.2, 0.25) is 0 Å². The van der Waals surface area contributed by atoms with Crippen molar-refractivity contribution in [2.24, 2.45) is 0 Å².